The molecule has 1 fully saturated rings. The first kappa shape index (κ1) is 15.4. The average Bonchev–Trinajstić information content (AvgIpc) is 2.73. The molecule has 4 N–H and O–H groups in total. The lowest BCUT2D eigenvalue weighted by atomic mass is 9.86. The summed E-state index contributed by atoms with van der Waals surface area (Å²) in [6.07, 6.45) is 6.67. The van der Waals surface area contributed by atoms with Crippen LogP contribution in [0, 0.1) is 10.8 Å². The number of nitrogens with zero attached hydrogens (tertiary/aromatic N) is 1. The first-order chi connectivity index (χ1) is 8.47. The quantitative estimate of drug-likeness (QED) is 0.458. The zero-order valence-corrected chi connectivity index (χ0v) is 11.9. The summed E-state index contributed by atoms with van der Waals surface area (Å²) < 4.78 is 0. The van der Waals surface area contributed by atoms with Gasteiger partial charge < -0.3 is 15.7 Å². The lowest BCUT2D eigenvalue weighted by Gasteiger charge is -2.27. The van der Waals surface area contributed by atoms with E-state index in [1.54, 1.807) is 0 Å². The highest BCUT2D eigenvalue weighted by molar-refractivity contribution is 5.82. The lowest BCUT2D eigenvalue weighted by molar-refractivity contribution is 0.208. The van der Waals surface area contributed by atoms with Crippen LogP contribution in [0.3, 0.4) is 0 Å². The van der Waals surface area contributed by atoms with Crippen LogP contribution in [0.2, 0.25) is 0 Å². The maximum absolute atomic E-state index is 8.90. The molecule has 0 spiro atoms. The Kier molecular flexibility index (Phi) is 6.09. The number of rotatable bonds is 8. The fourth-order valence-electron chi connectivity index (χ4n) is 2.70. The smallest absolute Gasteiger partial charge is 0.0963 e. The van der Waals surface area contributed by atoms with Gasteiger partial charge in [-0.2, -0.15) is 0 Å². The summed E-state index contributed by atoms with van der Waals surface area (Å²) in [4.78, 5) is 2.55. The Bertz CT molecular complexity index is 266. The third kappa shape index (κ3) is 4.58. The van der Waals surface area contributed by atoms with Crippen LogP contribution in [0.4, 0.5) is 0 Å². The van der Waals surface area contributed by atoms with Crippen molar-refractivity contribution in [1.82, 2.24) is 4.90 Å². The van der Waals surface area contributed by atoms with Crippen LogP contribution in [0.5, 0.6) is 0 Å². The van der Waals surface area contributed by atoms with Crippen LogP contribution in [0.25, 0.3) is 0 Å². The summed E-state index contributed by atoms with van der Waals surface area (Å²) in [7, 11) is 0. The molecule has 1 saturated heterocycles. The van der Waals surface area contributed by atoms with E-state index in [4.69, 9.17) is 16.2 Å². The number of aliphatic hydroxyl groups excluding tert-OH is 1. The molecule has 1 unspecified atom stereocenters. The number of nitrogens with one attached hydrogen (secondary N) is 1. The summed E-state index contributed by atoms with van der Waals surface area (Å²) in [5.41, 5.74) is 5.43. The molecule has 0 aromatic rings. The molecule has 1 heterocycles. The molecule has 18 heavy (non-hydrogen) atoms. The molecular weight excluding hydrogens is 226 g/mol. The van der Waals surface area contributed by atoms with Crippen LogP contribution >= 0.6 is 0 Å². The van der Waals surface area contributed by atoms with Gasteiger partial charge in [0.25, 0.3) is 0 Å². The number of amidine groups is 1. The highest BCUT2D eigenvalue weighted by Gasteiger charge is 2.25. The molecule has 0 aromatic heterocycles. The van der Waals surface area contributed by atoms with E-state index < -0.39 is 0 Å². The van der Waals surface area contributed by atoms with Crippen LogP contribution in [0.15, 0.2) is 0 Å². The van der Waals surface area contributed by atoms with Gasteiger partial charge in [0.2, 0.25) is 0 Å². The monoisotopic (exact) mass is 255 g/mol. The topological polar surface area (TPSA) is 73.3 Å². The van der Waals surface area contributed by atoms with Gasteiger partial charge in [0.15, 0.2) is 0 Å². The molecule has 4 nitrogen and oxygen atoms in total. The fourth-order valence-corrected chi connectivity index (χ4v) is 2.70. The van der Waals surface area contributed by atoms with Crippen LogP contribution < -0.4 is 5.73 Å². The molecule has 1 atom stereocenters. The summed E-state index contributed by atoms with van der Waals surface area (Å²) in [6.45, 7) is 6.69. The molecule has 0 saturated carbocycles. The van der Waals surface area contributed by atoms with E-state index >= 15 is 0 Å². The number of hydrogen-bond donors (Lipinski definition) is 3. The largest absolute Gasteiger partial charge is 0.396 e. The molecular formula is C14H29N3O. The Hall–Kier alpha value is -0.610. The third-order valence-corrected chi connectivity index (χ3v) is 4.17. The Balaban J connectivity index is 2.28. The number of aliphatic hydroxyl groups is 1. The van der Waals surface area contributed by atoms with Crippen molar-refractivity contribution < 1.29 is 5.11 Å². The number of likely N-dealkylation sites (tertiary alicyclic amines) is 1. The van der Waals surface area contributed by atoms with E-state index in [9.17, 15) is 0 Å². The minimum atomic E-state index is -0.166. The molecule has 4 heteroatoms. The maximum atomic E-state index is 8.90. The Labute approximate surface area is 111 Å². The van der Waals surface area contributed by atoms with Gasteiger partial charge in [-0.15, -0.1) is 0 Å². The van der Waals surface area contributed by atoms with E-state index in [0.29, 0.717) is 18.5 Å². The minimum Gasteiger partial charge on any atom is -0.396 e. The van der Waals surface area contributed by atoms with Crippen molar-refractivity contribution in [2.75, 3.05) is 19.7 Å². The molecule has 106 valence electrons. The molecule has 0 aromatic carbocycles. The highest BCUT2D eigenvalue weighted by Crippen LogP contribution is 2.25. The summed E-state index contributed by atoms with van der Waals surface area (Å²) in [6, 6.07) is 0.664. The fraction of sp³-hybridized carbons (Fsp3) is 0.929. The van der Waals surface area contributed by atoms with Crippen molar-refractivity contribution in [1.29, 1.82) is 5.41 Å². The van der Waals surface area contributed by atoms with Gasteiger partial charge in [0, 0.05) is 18.1 Å². The molecule has 1 aliphatic heterocycles. The Morgan fingerprint density at radius 1 is 1.44 bits per heavy atom. The van der Waals surface area contributed by atoms with Gasteiger partial charge in [-0.05, 0) is 51.6 Å². The van der Waals surface area contributed by atoms with Crippen molar-refractivity contribution in [3.05, 3.63) is 0 Å². The van der Waals surface area contributed by atoms with Gasteiger partial charge in [0.05, 0.1) is 5.84 Å². The molecule has 1 aliphatic rings. The standard InChI is InChI=1S/C14H29N3O/c1-14(2,13(15)16)8-5-10-17-9-3-6-12(17)7-4-11-18/h12,18H,3-11H2,1-2H3,(H3,15,16). The molecule has 0 bridgehead atoms. The van der Waals surface area contributed by atoms with Crippen molar-refractivity contribution in [3.63, 3.8) is 0 Å². The lowest BCUT2D eigenvalue weighted by Crippen LogP contribution is -2.34. The van der Waals surface area contributed by atoms with E-state index in [-0.39, 0.29) is 5.41 Å². The summed E-state index contributed by atoms with van der Waals surface area (Å²) in [5.74, 6) is 0.292. The van der Waals surface area contributed by atoms with Gasteiger partial charge in [-0.3, -0.25) is 5.41 Å². The average molecular weight is 255 g/mol. The highest BCUT2D eigenvalue weighted by atomic mass is 16.2. The van der Waals surface area contributed by atoms with Gasteiger partial charge in [-0.25, -0.2) is 0 Å². The van der Waals surface area contributed by atoms with Crippen molar-refractivity contribution in [3.8, 4) is 0 Å². The second kappa shape index (κ2) is 7.10. The van der Waals surface area contributed by atoms with Crippen LogP contribution in [-0.4, -0.2) is 41.6 Å². The number of hydrogen-bond acceptors (Lipinski definition) is 3. The van der Waals surface area contributed by atoms with Crippen LogP contribution in [-0.2, 0) is 0 Å². The Morgan fingerprint density at radius 3 is 2.78 bits per heavy atom. The molecule has 0 aliphatic carbocycles. The second-order valence-electron chi connectivity index (χ2n) is 6.10. The van der Waals surface area contributed by atoms with Crippen molar-refractivity contribution in [2.45, 2.75) is 58.4 Å². The Morgan fingerprint density at radius 2 is 2.17 bits per heavy atom. The first-order valence-corrected chi connectivity index (χ1v) is 7.17. The maximum Gasteiger partial charge on any atom is 0.0963 e. The zero-order valence-electron chi connectivity index (χ0n) is 11.9. The summed E-state index contributed by atoms with van der Waals surface area (Å²) >= 11 is 0. The molecule has 1 rings (SSSR count). The van der Waals surface area contributed by atoms with Crippen molar-refractivity contribution in [2.24, 2.45) is 11.1 Å². The molecule has 0 amide bonds. The SMILES string of the molecule is CC(C)(CCCN1CCCC1CCCO)C(=N)N. The third-order valence-electron chi connectivity index (χ3n) is 4.17. The first-order valence-electron chi connectivity index (χ1n) is 7.17. The normalized spacial score (nSPS) is 21.4. The van der Waals surface area contributed by atoms with E-state index in [0.717, 1.165) is 32.2 Å². The minimum absolute atomic E-state index is 0.166. The predicted octanol–water partition coefficient (Wildman–Crippen LogP) is 1.97. The predicted molar refractivity (Wildman–Crippen MR) is 75.8 cm³/mol. The molecule has 0 radical (unpaired) electrons. The second-order valence-corrected chi connectivity index (χ2v) is 6.10. The zero-order chi connectivity index (χ0) is 13.6. The van der Waals surface area contributed by atoms with Crippen molar-refractivity contribution >= 4 is 5.84 Å². The number of nitrogens with two attached hydrogens (primary N) is 1. The van der Waals surface area contributed by atoms with Crippen LogP contribution in [0.1, 0.15) is 52.4 Å². The summed E-state index contributed by atoms with van der Waals surface area (Å²) in [5, 5.41) is 16.5. The van der Waals surface area contributed by atoms with Gasteiger partial charge in [-0.1, -0.05) is 13.8 Å². The van der Waals surface area contributed by atoms with Gasteiger partial charge in [0.1, 0.15) is 0 Å². The van der Waals surface area contributed by atoms with Gasteiger partial charge >= 0.3 is 0 Å². The van der Waals surface area contributed by atoms with E-state index in [1.807, 2.05) is 13.8 Å². The van der Waals surface area contributed by atoms with E-state index in [1.165, 1.54) is 19.4 Å². The van der Waals surface area contributed by atoms with E-state index in [2.05, 4.69) is 4.90 Å².